The molecule has 2 aliphatic carbocycles. The molecule has 0 heterocycles. The van der Waals surface area contributed by atoms with Crippen LogP contribution < -0.4 is 11.5 Å². The predicted molar refractivity (Wildman–Crippen MR) is 95.8 cm³/mol. The van der Waals surface area contributed by atoms with Crippen molar-refractivity contribution in [1.29, 1.82) is 0 Å². The van der Waals surface area contributed by atoms with E-state index in [-0.39, 0.29) is 6.42 Å². The number of esters is 1. The van der Waals surface area contributed by atoms with E-state index in [0.29, 0.717) is 24.9 Å². The Hall–Kier alpha value is -1.14. The van der Waals surface area contributed by atoms with Crippen molar-refractivity contribution in [2.24, 2.45) is 34.6 Å². The number of rotatable bonds is 7. The molecule has 5 atom stereocenters. The summed E-state index contributed by atoms with van der Waals surface area (Å²) in [7, 11) is 0. The van der Waals surface area contributed by atoms with Gasteiger partial charge < -0.3 is 21.3 Å². The molecule has 0 aromatic carbocycles. The second-order valence-corrected chi connectivity index (χ2v) is 8.57. The van der Waals surface area contributed by atoms with Crippen molar-refractivity contribution in [2.75, 3.05) is 13.1 Å². The highest BCUT2D eigenvalue weighted by Gasteiger charge is 2.47. The summed E-state index contributed by atoms with van der Waals surface area (Å²) in [6, 6.07) is 0. The van der Waals surface area contributed by atoms with Crippen LogP contribution in [0.2, 0.25) is 0 Å². The number of carbonyl (C=O) groups is 2. The number of carboxylic acids is 1. The normalized spacial score (nSPS) is 36.8. The molecule has 0 aromatic rings. The molecule has 5 N–H and O–H groups in total. The van der Waals surface area contributed by atoms with E-state index < -0.39 is 28.9 Å². The van der Waals surface area contributed by atoms with Gasteiger partial charge in [-0.25, -0.2) is 0 Å². The Kier molecular flexibility index (Phi) is 6.49. The van der Waals surface area contributed by atoms with Gasteiger partial charge in [0.1, 0.15) is 5.60 Å². The van der Waals surface area contributed by atoms with Gasteiger partial charge in [0.2, 0.25) is 0 Å². The van der Waals surface area contributed by atoms with Crippen LogP contribution in [0.3, 0.4) is 0 Å². The first-order valence-electron chi connectivity index (χ1n) is 9.60. The Balaban J connectivity index is 2.10. The molecule has 0 spiro atoms. The standard InChI is InChI=1S/C19H34N2O4/c1-13-4-3-6-18(9-13,11-20)15(17(23)24)8-16(22)25-19(12-21)7-5-14(2)10-19/h13-15H,3-12,20-21H2,1-2H3,(H,23,24). The molecule has 2 fully saturated rings. The number of carbonyl (C=O) groups excluding carboxylic acids is 1. The first-order valence-corrected chi connectivity index (χ1v) is 9.60. The van der Waals surface area contributed by atoms with Crippen molar-refractivity contribution < 1.29 is 19.4 Å². The van der Waals surface area contributed by atoms with Crippen LogP contribution in [0.15, 0.2) is 0 Å². The van der Waals surface area contributed by atoms with Gasteiger partial charge in [-0.15, -0.1) is 0 Å². The summed E-state index contributed by atoms with van der Waals surface area (Å²) in [4.78, 5) is 24.5. The van der Waals surface area contributed by atoms with Crippen molar-refractivity contribution in [2.45, 2.75) is 70.8 Å². The molecule has 0 amide bonds. The molecule has 2 aliphatic rings. The van der Waals surface area contributed by atoms with E-state index in [1.807, 2.05) is 0 Å². The largest absolute Gasteiger partial charge is 0.481 e. The van der Waals surface area contributed by atoms with Crippen LogP contribution in [-0.2, 0) is 14.3 Å². The molecule has 0 radical (unpaired) electrons. The molecule has 6 nitrogen and oxygen atoms in total. The Morgan fingerprint density at radius 1 is 1.12 bits per heavy atom. The van der Waals surface area contributed by atoms with Gasteiger partial charge in [-0.05, 0) is 55.9 Å². The molecule has 0 aromatic heterocycles. The number of ether oxygens (including phenoxy) is 1. The maximum Gasteiger partial charge on any atom is 0.307 e. The third-order valence-electron chi connectivity index (χ3n) is 6.46. The maximum atomic E-state index is 12.6. The Labute approximate surface area is 150 Å². The smallest absolute Gasteiger partial charge is 0.307 e. The Morgan fingerprint density at radius 2 is 1.80 bits per heavy atom. The fraction of sp³-hybridized carbons (Fsp3) is 0.895. The zero-order valence-electron chi connectivity index (χ0n) is 15.6. The third kappa shape index (κ3) is 4.53. The van der Waals surface area contributed by atoms with Crippen LogP contribution in [0.5, 0.6) is 0 Å². The van der Waals surface area contributed by atoms with E-state index in [2.05, 4.69) is 13.8 Å². The van der Waals surface area contributed by atoms with Crippen LogP contribution in [0.25, 0.3) is 0 Å². The summed E-state index contributed by atoms with van der Waals surface area (Å²) < 4.78 is 5.74. The van der Waals surface area contributed by atoms with Gasteiger partial charge >= 0.3 is 11.9 Å². The lowest BCUT2D eigenvalue weighted by Crippen LogP contribution is -2.47. The van der Waals surface area contributed by atoms with Crippen molar-refractivity contribution in [1.82, 2.24) is 0 Å². The van der Waals surface area contributed by atoms with Crippen LogP contribution in [0, 0.1) is 23.2 Å². The molecule has 0 saturated heterocycles. The second-order valence-electron chi connectivity index (χ2n) is 8.57. The summed E-state index contributed by atoms with van der Waals surface area (Å²) in [5.74, 6) is -1.28. The van der Waals surface area contributed by atoms with Crippen LogP contribution in [0.4, 0.5) is 0 Å². The second kappa shape index (κ2) is 8.04. The highest BCUT2D eigenvalue weighted by Crippen LogP contribution is 2.46. The van der Waals surface area contributed by atoms with Crippen molar-refractivity contribution in [3.63, 3.8) is 0 Å². The molecule has 6 heteroatoms. The predicted octanol–water partition coefficient (Wildman–Crippen LogP) is 2.29. The number of hydrogen-bond donors (Lipinski definition) is 3. The molecular weight excluding hydrogens is 320 g/mol. The Bertz CT molecular complexity index is 498. The third-order valence-corrected chi connectivity index (χ3v) is 6.46. The van der Waals surface area contributed by atoms with E-state index in [1.54, 1.807) is 0 Å². The van der Waals surface area contributed by atoms with Crippen molar-refractivity contribution >= 4 is 11.9 Å². The van der Waals surface area contributed by atoms with Gasteiger partial charge in [-0.1, -0.05) is 26.7 Å². The minimum atomic E-state index is -0.946. The summed E-state index contributed by atoms with van der Waals surface area (Å²) >= 11 is 0. The average molecular weight is 354 g/mol. The highest BCUT2D eigenvalue weighted by atomic mass is 16.6. The van der Waals surface area contributed by atoms with E-state index in [9.17, 15) is 14.7 Å². The van der Waals surface area contributed by atoms with Gasteiger partial charge in [0.25, 0.3) is 0 Å². The topological polar surface area (TPSA) is 116 Å². The fourth-order valence-electron chi connectivity index (χ4n) is 5.03. The van der Waals surface area contributed by atoms with Crippen LogP contribution >= 0.6 is 0 Å². The zero-order valence-corrected chi connectivity index (χ0v) is 15.6. The summed E-state index contributed by atoms with van der Waals surface area (Å²) in [5.41, 5.74) is 10.8. The van der Waals surface area contributed by atoms with E-state index in [0.717, 1.165) is 44.9 Å². The van der Waals surface area contributed by atoms with Gasteiger partial charge in [-0.2, -0.15) is 0 Å². The zero-order chi connectivity index (χ0) is 18.7. The average Bonchev–Trinajstić information content (AvgIpc) is 2.93. The lowest BCUT2D eigenvalue weighted by atomic mass is 9.62. The van der Waals surface area contributed by atoms with Crippen molar-refractivity contribution in [3.8, 4) is 0 Å². The van der Waals surface area contributed by atoms with Crippen LogP contribution in [-0.4, -0.2) is 35.7 Å². The molecule has 2 saturated carbocycles. The van der Waals surface area contributed by atoms with Crippen LogP contribution in [0.1, 0.15) is 65.2 Å². The monoisotopic (exact) mass is 354 g/mol. The number of aliphatic carboxylic acids is 1. The Morgan fingerprint density at radius 3 is 2.28 bits per heavy atom. The first-order chi connectivity index (χ1) is 11.8. The minimum Gasteiger partial charge on any atom is -0.481 e. The summed E-state index contributed by atoms with van der Waals surface area (Å²) in [5, 5.41) is 9.79. The molecule has 25 heavy (non-hydrogen) atoms. The minimum absolute atomic E-state index is 0.116. The highest BCUT2D eigenvalue weighted by molar-refractivity contribution is 5.80. The molecule has 2 rings (SSSR count). The SMILES string of the molecule is CC1CCC(CN)(OC(=O)CC(C(=O)O)C2(CN)CCCC(C)C2)C1. The van der Waals surface area contributed by atoms with E-state index in [1.165, 1.54) is 0 Å². The lowest BCUT2D eigenvalue weighted by Gasteiger charge is -2.43. The molecular formula is C19H34N2O4. The molecule has 5 unspecified atom stereocenters. The quantitative estimate of drug-likeness (QED) is 0.604. The fourth-order valence-corrected chi connectivity index (χ4v) is 5.03. The summed E-state index contributed by atoms with van der Waals surface area (Å²) in [6.45, 7) is 4.84. The van der Waals surface area contributed by atoms with Crippen molar-refractivity contribution in [3.05, 3.63) is 0 Å². The van der Waals surface area contributed by atoms with E-state index in [4.69, 9.17) is 16.2 Å². The number of hydrogen-bond acceptors (Lipinski definition) is 5. The lowest BCUT2D eigenvalue weighted by molar-refractivity contribution is -0.167. The summed E-state index contributed by atoms with van der Waals surface area (Å²) in [6.07, 6.45) is 5.95. The van der Waals surface area contributed by atoms with Gasteiger partial charge in [0.05, 0.1) is 12.3 Å². The molecule has 144 valence electrons. The first kappa shape index (κ1) is 20.2. The molecule has 0 bridgehead atoms. The molecule has 0 aliphatic heterocycles. The van der Waals surface area contributed by atoms with Gasteiger partial charge in [0.15, 0.2) is 0 Å². The van der Waals surface area contributed by atoms with Gasteiger partial charge in [-0.3, -0.25) is 9.59 Å². The van der Waals surface area contributed by atoms with Gasteiger partial charge in [0, 0.05) is 6.54 Å². The number of carboxylic acid groups (broad SMARTS) is 1. The van der Waals surface area contributed by atoms with E-state index >= 15 is 0 Å². The number of nitrogens with two attached hydrogens (primary N) is 2. The maximum absolute atomic E-state index is 12.6.